The summed E-state index contributed by atoms with van der Waals surface area (Å²) in [7, 11) is -0.838. The number of hydrogen-bond donors (Lipinski definition) is 2. The van der Waals surface area contributed by atoms with Gasteiger partial charge in [-0.05, 0) is 19.9 Å². The zero-order chi connectivity index (χ0) is 17.7. The third-order valence-electron chi connectivity index (χ3n) is 4.02. The lowest BCUT2D eigenvalue weighted by Crippen LogP contribution is -2.44. The lowest BCUT2D eigenvalue weighted by Gasteiger charge is -2.27. The van der Waals surface area contributed by atoms with Crippen molar-refractivity contribution in [3.05, 3.63) is 17.4 Å². The number of nitrogens with one attached hydrogen (secondary N) is 2. The average Bonchev–Trinajstić information content (AvgIpc) is 2.95. The monoisotopic (exact) mass is 358 g/mol. The Labute approximate surface area is 143 Å². The van der Waals surface area contributed by atoms with Gasteiger partial charge in [-0.3, -0.25) is 4.79 Å². The van der Waals surface area contributed by atoms with Crippen molar-refractivity contribution in [3.63, 3.8) is 0 Å². The number of nitrogens with zero attached hydrogens (tertiary/aromatic N) is 2. The Morgan fingerprint density at radius 2 is 2.04 bits per heavy atom. The van der Waals surface area contributed by atoms with E-state index in [2.05, 4.69) is 15.5 Å². The molecule has 0 spiro atoms. The zero-order valence-corrected chi connectivity index (χ0v) is 15.3. The minimum atomic E-state index is -3.68. The van der Waals surface area contributed by atoms with Crippen LogP contribution in [0.5, 0.6) is 0 Å². The highest BCUT2D eigenvalue weighted by Crippen LogP contribution is 2.21. The summed E-state index contributed by atoms with van der Waals surface area (Å²) in [6.07, 6.45) is 0.853. The van der Waals surface area contributed by atoms with E-state index in [-0.39, 0.29) is 16.6 Å². The molecule has 2 rings (SSSR count). The third kappa shape index (κ3) is 4.56. The molecule has 0 aromatic carbocycles. The molecule has 1 amide bonds. The molecule has 0 atom stereocenters. The van der Waals surface area contributed by atoms with E-state index in [1.807, 2.05) is 0 Å². The standard InChI is InChI=1S/C15H26N4O4S/c1-12-13(11-14(23-12)24(21,22)18(2)3)15(20)17-5-4-8-19-9-6-16-7-10-19/h11,16H,4-10H2,1-3H3,(H,17,20). The van der Waals surface area contributed by atoms with E-state index in [4.69, 9.17) is 4.42 Å². The van der Waals surface area contributed by atoms with Crippen molar-refractivity contribution >= 4 is 15.9 Å². The topological polar surface area (TPSA) is 94.9 Å². The summed E-state index contributed by atoms with van der Waals surface area (Å²) in [6, 6.07) is 1.29. The molecule has 8 nitrogen and oxygen atoms in total. The van der Waals surface area contributed by atoms with E-state index >= 15 is 0 Å². The lowest BCUT2D eigenvalue weighted by atomic mass is 10.2. The first-order valence-corrected chi connectivity index (χ1v) is 9.50. The summed E-state index contributed by atoms with van der Waals surface area (Å²) < 4.78 is 30.4. The fraction of sp³-hybridized carbons (Fsp3) is 0.667. The van der Waals surface area contributed by atoms with Gasteiger partial charge in [-0.1, -0.05) is 0 Å². The van der Waals surface area contributed by atoms with Crippen LogP contribution in [0.25, 0.3) is 0 Å². The molecule has 1 saturated heterocycles. The fourth-order valence-electron chi connectivity index (χ4n) is 2.52. The fourth-order valence-corrected chi connectivity index (χ4v) is 3.38. The molecular formula is C15H26N4O4S. The van der Waals surface area contributed by atoms with Crippen molar-refractivity contribution in [1.82, 2.24) is 19.8 Å². The molecule has 136 valence electrons. The van der Waals surface area contributed by atoms with Gasteiger partial charge in [0.15, 0.2) is 0 Å². The normalized spacial score (nSPS) is 16.5. The second-order valence-corrected chi connectivity index (χ2v) is 8.11. The van der Waals surface area contributed by atoms with Gasteiger partial charge in [0.05, 0.1) is 5.56 Å². The Morgan fingerprint density at radius 3 is 2.67 bits per heavy atom. The molecule has 1 aliphatic rings. The van der Waals surface area contributed by atoms with Crippen LogP contribution in [-0.4, -0.2) is 76.9 Å². The number of sulfonamides is 1. The van der Waals surface area contributed by atoms with Gasteiger partial charge in [-0.25, -0.2) is 12.7 Å². The molecule has 24 heavy (non-hydrogen) atoms. The predicted molar refractivity (Wildman–Crippen MR) is 90.6 cm³/mol. The predicted octanol–water partition coefficient (Wildman–Crippen LogP) is -0.137. The maximum atomic E-state index is 12.2. The van der Waals surface area contributed by atoms with Gasteiger partial charge in [-0.15, -0.1) is 0 Å². The number of aryl methyl sites for hydroxylation is 1. The Morgan fingerprint density at radius 1 is 1.38 bits per heavy atom. The van der Waals surface area contributed by atoms with Gasteiger partial charge >= 0.3 is 0 Å². The zero-order valence-electron chi connectivity index (χ0n) is 14.5. The molecule has 0 unspecified atom stereocenters. The van der Waals surface area contributed by atoms with Gasteiger partial charge in [-0.2, -0.15) is 0 Å². The van der Waals surface area contributed by atoms with Crippen molar-refractivity contribution in [2.24, 2.45) is 0 Å². The van der Waals surface area contributed by atoms with Crippen molar-refractivity contribution < 1.29 is 17.6 Å². The lowest BCUT2D eigenvalue weighted by molar-refractivity contribution is 0.0949. The van der Waals surface area contributed by atoms with Crippen molar-refractivity contribution in [1.29, 1.82) is 0 Å². The summed E-state index contributed by atoms with van der Waals surface area (Å²) in [5.41, 5.74) is 0.262. The van der Waals surface area contributed by atoms with Gasteiger partial charge in [0.2, 0.25) is 5.09 Å². The Hall–Kier alpha value is -1.42. The smallest absolute Gasteiger partial charge is 0.275 e. The van der Waals surface area contributed by atoms with E-state index in [1.165, 1.54) is 20.2 Å². The highest BCUT2D eigenvalue weighted by molar-refractivity contribution is 7.88. The second-order valence-electron chi connectivity index (χ2n) is 6.02. The van der Waals surface area contributed by atoms with Crippen molar-refractivity contribution in [2.75, 3.05) is 53.4 Å². The van der Waals surface area contributed by atoms with E-state index in [9.17, 15) is 13.2 Å². The van der Waals surface area contributed by atoms with E-state index in [0.29, 0.717) is 12.3 Å². The van der Waals surface area contributed by atoms with Crippen LogP contribution in [0.3, 0.4) is 0 Å². The molecule has 1 aromatic rings. The first kappa shape index (κ1) is 18.9. The number of carbonyl (C=O) groups excluding carboxylic acids is 1. The summed E-state index contributed by atoms with van der Waals surface area (Å²) in [5.74, 6) is -0.00760. The largest absolute Gasteiger partial charge is 0.448 e. The minimum Gasteiger partial charge on any atom is -0.448 e. The summed E-state index contributed by atoms with van der Waals surface area (Å²) in [5, 5.41) is 5.91. The van der Waals surface area contributed by atoms with Crippen LogP contribution in [0.4, 0.5) is 0 Å². The Balaban J connectivity index is 1.87. The maximum absolute atomic E-state index is 12.2. The van der Waals surface area contributed by atoms with Gasteiger partial charge in [0.1, 0.15) is 5.76 Å². The minimum absolute atomic E-state index is 0.212. The quantitative estimate of drug-likeness (QED) is 0.659. The van der Waals surface area contributed by atoms with Gasteiger partial charge < -0.3 is 20.0 Å². The molecular weight excluding hydrogens is 332 g/mol. The molecule has 2 N–H and O–H groups in total. The van der Waals surface area contributed by atoms with E-state index < -0.39 is 10.0 Å². The van der Waals surface area contributed by atoms with Gasteiger partial charge in [0, 0.05) is 52.9 Å². The molecule has 0 bridgehead atoms. The third-order valence-corrected chi connectivity index (χ3v) is 5.69. The molecule has 1 aromatic heterocycles. The average molecular weight is 358 g/mol. The highest BCUT2D eigenvalue weighted by Gasteiger charge is 2.25. The Bertz CT molecular complexity index is 663. The van der Waals surface area contributed by atoms with Crippen molar-refractivity contribution in [3.8, 4) is 0 Å². The number of amides is 1. The van der Waals surface area contributed by atoms with E-state index in [0.717, 1.165) is 43.4 Å². The first-order chi connectivity index (χ1) is 11.3. The molecule has 9 heteroatoms. The SMILES string of the molecule is Cc1oc(S(=O)(=O)N(C)C)cc1C(=O)NCCCN1CCNCC1. The van der Waals surface area contributed by atoms with Crippen LogP contribution in [0.2, 0.25) is 0 Å². The molecule has 0 aliphatic carbocycles. The highest BCUT2D eigenvalue weighted by atomic mass is 32.2. The molecule has 1 fully saturated rings. The summed E-state index contributed by atoms with van der Waals surface area (Å²) in [4.78, 5) is 14.6. The Kier molecular flexibility index (Phi) is 6.39. The van der Waals surface area contributed by atoms with Crippen molar-refractivity contribution in [2.45, 2.75) is 18.4 Å². The number of rotatable bonds is 7. The number of furan rings is 1. The van der Waals surface area contributed by atoms with Gasteiger partial charge in [0.25, 0.3) is 15.9 Å². The maximum Gasteiger partial charge on any atom is 0.275 e. The van der Waals surface area contributed by atoms with Crippen LogP contribution in [0, 0.1) is 6.92 Å². The second kappa shape index (κ2) is 8.11. The van der Waals surface area contributed by atoms with Crippen LogP contribution in [0.15, 0.2) is 15.6 Å². The summed E-state index contributed by atoms with van der Waals surface area (Å²) >= 11 is 0. The van der Waals surface area contributed by atoms with Crippen LogP contribution in [0.1, 0.15) is 22.5 Å². The number of carbonyl (C=O) groups is 1. The number of hydrogen-bond acceptors (Lipinski definition) is 6. The van der Waals surface area contributed by atoms with E-state index in [1.54, 1.807) is 6.92 Å². The molecule has 0 saturated carbocycles. The molecule has 0 radical (unpaired) electrons. The molecule has 2 heterocycles. The first-order valence-electron chi connectivity index (χ1n) is 8.06. The molecule has 1 aliphatic heterocycles. The van der Waals surface area contributed by atoms with Crippen LogP contribution in [-0.2, 0) is 10.0 Å². The van der Waals surface area contributed by atoms with Crippen LogP contribution >= 0.6 is 0 Å². The van der Waals surface area contributed by atoms with Crippen LogP contribution < -0.4 is 10.6 Å². The summed E-state index contributed by atoms with van der Waals surface area (Å²) in [6.45, 7) is 7.13. The number of piperazine rings is 1.